The largest absolute Gasteiger partial charge is 0.394 e. The molecule has 3 rings (SSSR count). The van der Waals surface area contributed by atoms with E-state index in [4.69, 9.17) is 23.2 Å². The van der Waals surface area contributed by atoms with Crippen molar-refractivity contribution in [2.45, 2.75) is 19.6 Å². The summed E-state index contributed by atoms with van der Waals surface area (Å²) >= 11 is 11.9. The summed E-state index contributed by atoms with van der Waals surface area (Å²) in [6, 6.07) is 7.78. The molecule has 28 heavy (non-hydrogen) atoms. The highest BCUT2D eigenvalue weighted by Gasteiger charge is 2.24. The summed E-state index contributed by atoms with van der Waals surface area (Å²) in [6.45, 7) is 1.07. The number of carbonyl (C=O) groups is 1. The number of H-pyrrole nitrogens is 1. The van der Waals surface area contributed by atoms with E-state index in [9.17, 15) is 15.0 Å². The third kappa shape index (κ3) is 4.18. The topological polar surface area (TPSA) is 111 Å². The van der Waals surface area contributed by atoms with Crippen LogP contribution in [0.4, 0.5) is 0 Å². The number of aryl methyl sites for hydroxylation is 1. The lowest BCUT2D eigenvalue weighted by Gasteiger charge is -2.17. The predicted molar refractivity (Wildman–Crippen MR) is 106 cm³/mol. The van der Waals surface area contributed by atoms with Gasteiger partial charge in [-0.25, -0.2) is 9.97 Å². The second kappa shape index (κ2) is 8.70. The van der Waals surface area contributed by atoms with Gasteiger partial charge in [0.2, 0.25) is 0 Å². The molecule has 0 bridgehead atoms. The van der Waals surface area contributed by atoms with Gasteiger partial charge in [-0.05, 0) is 24.6 Å². The molecule has 3 aromatic rings. The van der Waals surface area contributed by atoms with Crippen LogP contribution in [0.5, 0.6) is 0 Å². The van der Waals surface area contributed by atoms with Crippen LogP contribution in [0.2, 0.25) is 10.2 Å². The van der Waals surface area contributed by atoms with Crippen molar-refractivity contribution in [3.8, 4) is 11.3 Å². The standard InChI is InChI=1S/C19H18Cl2N4O3/c1-10-17(14-6-16(21)23-9-22-14)13(7-26)18(24-10)19(28)25-15(8-27)11-3-2-4-12(20)5-11/h2-6,9,15,24,26-27H,7-8H2,1H3,(H,25,28). The van der Waals surface area contributed by atoms with E-state index in [2.05, 4.69) is 20.3 Å². The second-order valence-electron chi connectivity index (χ2n) is 6.13. The number of hydrogen-bond donors (Lipinski definition) is 4. The van der Waals surface area contributed by atoms with Gasteiger partial charge in [-0.2, -0.15) is 0 Å². The van der Waals surface area contributed by atoms with Gasteiger partial charge in [-0.3, -0.25) is 4.79 Å². The number of aliphatic hydroxyl groups is 2. The van der Waals surface area contributed by atoms with E-state index in [1.165, 1.54) is 6.33 Å². The van der Waals surface area contributed by atoms with E-state index in [-0.39, 0.29) is 24.1 Å². The Labute approximate surface area is 171 Å². The zero-order valence-electron chi connectivity index (χ0n) is 14.9. The molecule has 0 aliphatic heterocycles. The number of benzene rings is 1. The molecule has 4 N–H and O–H groups in total. The average Bonchev–Trinajstić information content (AvgIpc) is 3.02. The smallest absolute Gasteiger partial charge is 0.268 e. The molecule has 0 radical (unpaired) electrons. The van der Waals surface area contributed by atoms with Crippen molar-refractivity contribution in [2.75, 3.05) is 6.61 Å². The van der Waals surface area contributed by atoms with Crippen LogP contribution in [0.15, 0.2) is 36.7 Å². The fraction of sp³-hybridized carbons (Fsp3) is 0.211. The van der Waals surface area contributed by atoms with Crippen LogP contribution >= 0.6 is 23.2 Å². The number of aliphatic hydroxyl groups excluding tert-OH is 2. The fourth-order valence-electron chi connectivity index (χ4n) is 3.03. The van der Waals surface area contributed by atoms with E-state index >= 15 is 0 Å². The van der Waals surface area contributed by atoms with E-state index in [0.717, 1.165) is 0 Å². The Morgan fingerprint density at radius 3 is 2.68 bits per heavy atom. The number of carbonyl (C=O) groups excluding carboxylic acids is 1. The fourth-order valence-corrected chi connectivity index (χ4v) is 3.38. The molecule has 0 saturated carbocycles. The molecule has 7 nitrogen and oxygen atoms in total. The molecular weight excluding hydrogens is 403 g/mol. The first-order valence-electron chi connectivity index (χ1n) is 8.42. The first-order valence-corrected chi connectivity index (χ1v) is 9.17. The summed E-state index contributed by atoms with van der Waals surface area (Å²) in [5.41, 5.74) is 2.95. The number of halogens is 2. The Hall–Kier alpha value is -2.45. The third-order valence-electron chi connectivity index (χ3n) is 4.31. The van der Waals surface area contributed by atoms with Crippen LogP contribution in [0, 0.1) is 6.92 Å². The third-order valence-corrected chi connectivity index (χ3v) is 4.75. The van der Waals surface area contributed by atoms with Gasteiger partial charge in [0.25, 0.3) is 5.91 Å². The van der Waals surface area contributed by atoms with Crippen molar-refractivity contribution in [3.63, 3.8) is 0 Å². The summed E-state index contributed by atoms with van der Waals surface area (Å²) in [6.07, 6.45) is 1.31. The molecule has 1 unspecified atom stereocenters. The van der Waals surface area contributed by atoms with Crippen LogP contribution in [0.25, 0.3) is 11.3 Å². The van der Waals surface area contributed by atoms with Gasteiger partial charge in [0.15, 0.2) is 0 Å². The Morgan fingerprint density at radius 1 is 1.25 bits per heavy atom. The molecule has 0 fully saturated rings. The quantitative estimate of drug-likeness (QED) is 0.458. The number of rotatable bonds is 6. The highest BCUT2D eigenvalue weighted by Crippen LogP contribution is 2.30. The van der Waals surface area contributed by atoms with Crippen LogP contribution < -0.4 is 5.32 Å². The lowest BCUT2D eigenvalue weighted by Crippen LogP contribution is -2.31. The number of hydrogen-bond acceptors (Lipinski definition) is 5. The second-order valence-corrected chi connectivity index (χ2v) is 6.95. The van der Waals surface area contributed by atoms with Crippen molar-refractivity contribution < 1.29 is 15.0 Å². The van der Waals surface area contributed by atoms with Gasteiger partial charge >= 0.3 is 0 Å². The van der Waals surface area contributed by atoms with Gasteiger partial charge in [0.1, 0.15) is 17.2 Å². The Kier molecular flexibility index (Phi) is 6.31. The maximum Gasteiger partial charge on any atom is 0.268 e. The van der Waals surface area contributed by atoms with Crippen molar-refractivity contribution in [1.29, 1.82) is 0 Å². The molecule has 2 heterocycles. The highest BCUT2D eigenvalue weighted by molar-refractivity contribution is 6.30. The maximum atomic E-state index is 12.9. The van der Waals surface area contributed by atoms with Crippen LogP contribution in [0.1, 0.15) is 33.4 Å². The van der Waals surface area contributed by atoms with Crippen molar-refractivity contribution in [3.05, 3.63) is 69.3 Å². The molecule has 0 aliphatic rings. The molecule has 1 aromatic carbocycles. The van der Waals surface area contributed by atoms with E-state index in [1.807, 2.05) is 0 Å². The molecule has 146 valence electrons. The molecule has 0 aliphatic carbocycles. The summed E-state index contributed by atoms with van der Waals surface area (Å²) in [4.78, 5) is 23.9. The number of aromatic nitrogens is 3. The van der Waals surface area contributed by atoms with Crippen LogP contribution in [0.3, 0.4) is 0 Å². The Morgan fingerprint density at radius 2 is 2.04 bits per heavy atom. The normalized spacial score (nSPS) is 12.0. The summed E-state index contributed by atoms with van der Waals surface area (Å²) in [5.74, 6) is -0.474. The first-order chi connectivity index (χ1) is 13.4. The SMILES string of the molecule is Cc1[nH]c(C(=O)NC(CO)c2cccc(Cl)c2)c(CO)c1-c1cc(Cl)ncn1. The molecule has 2 aromatic heterocycles. The first kappa shape index (κ1) is 20.3. The predicted octanol–water partition coefficient (Wildman–Crippen LogP) is 3.04. The minimum Gasteiger partial charge on any atom is -0.394 e. The van der Waals surface area contributed by atoms with Crippen molar-refractivity contribution >= 4 is 29.1 Å². The van der Waals surface area contributed by atoms with Crippen LogP contribution in [-0.2, 0) is 6.61 Å². The monoisotopic (exact) mass is 420 g/mol. The zero-order chi connectivity index (χ0) is 20.3. The van der Waals surface area contributed by atoms with E-state index in [1.54, 1.807) is 37.3 Å². The van der Waals surface area contributed by atoms with Gasteiger partial charge < -0.3 is 20.5 Å². The molecule has 9 heteroatoms. The Balaban J connectivity index is 1.95. The molecule has 0 spiro atoms. The van der Waals surface area contributed by atoms with Gasteiger partial charge in [-0.1, -0.05) is 35.3 Å². The minimum atomic E-state index is -0.654. The summed E-state index contributed by atoms with van der Waals surface area (Å²) < 4.78 is 0. The Bertz CT molecular complexity index is 1010. The van der Waals surface area contributed by atoms with E-state index < -0.39 is 11.9 Å². The summed E-state index contributed by atoms with van der Waals surface area (Å²) in [7, 11) is 0. The van der Waals surface area contributed by atoms with E-state index in [0.29, 0.717) is 33.1 Å². The van der Waals surface area contributed by atoms with Gasteiger partial charge in [0.05, 0.1) is 24.9 Å². The molecule has 1 amide bonds. The number of aromatic amines is 1. The highest BCUT2D eigenvalue weighted by atomic mass is 35.5. The lowest BCUT2D eigenvalue weighted by molar-refractivity contribution is 0.0908. The van der Waals surface area contributed by atoms with Crippen molar-refractivity contribution in [1.82, 2.24) is 20.3 Å². The molecule has 0 saturated heterocycles. The maximum absolute atomic E-state index is 12.9. The zero-order valence-corrected chi connectivity index (χ0v) is 16.4. The number of nitrogens with zero attached hydrogens (tertiary/aromatic N) is 2. The van der Waals surface area contributed by atoms with Crippen LogP contribution in [-0.4, -0.2) is 37.7 Å². The van der Waals surface area contributed by atoms with Gasteiger partial charge in [0, 0.05) is 27.9 Å². The summed E-state index contributed by atoms with van der Waals surface area (Å²) in [5, 5.41) is 23.1. The molecular formula is C19H18Cl2N4O3. The lowest BCUT2D eigenvalue weighted by atomic mass is 10.0. The number of nitrogens with one attached hydrogen (secondary N) is 2. The minimum absolute atomic E-state index is 0.185. The average molecular weight is 421 g/mol. The number of amides is 1. The molecule has 1 atom stereocenters. The van der Waals surface area contributed by atoms with Gasteiger partial charge in [-0.15, -0.1) is 0 Å². The van der Waals surface area contributed by atoms with Crippen molar-refractivity contribution in [2.24, 2.45) is 0 Å².